The maximum Gasteiger partial charge on any atom is 0.328 e. The average Bonchev–Trinajstić information content (AvgIpc) is 3.27. The van der Waals surface area contributed by atoms with Crippen LogP contribution in [0.1, 0.15) is 271 Å². The Bertz CT molecular complexity index is 1110. The number of hydrogen-bond acceptors (Lipinski definition) is 6. The fourth-order valence-electron chi connectivity index (χ4n) is 8.11. The summed E-state index contributed by atoms with van der Waals surface area (Å²) in [5, 5.41) is 22.6. The highest BCUT2D eigenvalue weighted by Crippen LogP contribution is 2.19. The van der Waals surface area contributed by atoms with E-state index in [1.54, 1.807) is 0 Å². The molecule has 0 fully saturated rings. The van der Waals surface area contributed by atoms with Crippen LogP contribution in [0.5, 0.6) is 0 Å². The first kappa shape index (κ1) is 60.3. The Balaban J connectivity index is 4.22. The number of ether oxygens (including phenoxy) is 1. The maximum atomic E-state index is 12.9. The Morgan fingerprint density at radius 2 is 0.873 bits per heavy atom. The van der Waals surface area contributed by atoms with Gasteiger partial charge in [-0.1, -0.05) is 218 Å². The normalized spacial score (nSPS) is 12.6. The van der Waals surface area contributed by atoms with E-state index in [2.05, 4.69) is 48.8 Å². The first-order chi connectivity index (χ1) is 30.8. The van der Waals surface area contributed by atoms with Gasteiger partial charge in [-0.3, -0.25) is 14.4 Å². The molecule has 0 aliphatic heterocycles. The van der Waals surface area contributed by atoms with Gasteiger partial charge in [0.2, 0.25) is 11.8 Å². The summed E-state index contributed by atoms with van der Waals surface area (Å²) in [4.78, 5) is 47.8. The van der Waals surface area contributed by atoms with Gasteiger partial charge in [0.15, 0.2) is 0 Å². The molecular weight excluding hydrogens is 789 g/mol. The summed E-state index contributed by atoms with van der Waals surface area (Å²) in [5.41, 5.74) is 0. The topological polar surface area (TPSA) is 142 Å². The molecule has 0 aromatic rings. The average molecular weight is 889 g/mol. The lowest BCUT2D eigenvalue weighted by Crippen LogP contribution is -2.47. The summed E-state index contributed by atoms with van der Waals surface area (Å²) in [6.07, 6.45) is 56.6. The number of carboxylic acid groups (broad SMARTS) is 1. The number of aliphatic hydroxyl groups excluding tert-OH is 1. The number of amides is 2. The third-order valence-corrected chi connectivity index (χ3v) is 12.2. The number of esters is 1. The highest BCUT2D eigenvalue weighted by molar-refractivity contribution is 5.87. The van der Waals surface area contributed by atoms with Crippen molar-refractivity contribution in [2.45, 2.75) is 283 Å². The van der Waals surface area contributed by atoms with Crippen LogP contribution >= 0.6 is 0 Å². The zero-order chi connectivity index (χ0) is 46.1. The fourth-order valence-corrected chi connectivity index (χ4v) is 8.11. The first-order valence-electron chi connectivity index (χ1n) is 26.7. The molecule has 0 saturated heterocycles. The van der Waals surface area contributed by atoms with E-state index in [1.807, 2.05) is 0 Å². The van der Waals surface area contributed by atoms with Gasteiger partial charge in [-0.2, -0.15) is 0 Å². The Labute approximate surface area is 387 Å². The minimum atomic E-state index is -1.38. The van der Waals surface area contributed by atoms with Gasteiger partial charge in [-0.25, -0.2) is 4.79 Å². The molecule has 0 aromatic heterocycles. The maximum absolute atomic E-state index is 12.9. The predicted molar refractivity (Wildman–Crippen MR) is 264 cm³/mol. The lowest BCUT2D eigenvalue weighted by molar-refractivity contribution is -0.150. The number of aliphatic hydroxyl groups is 1. The second-order valence-electron chi connectivity index (χ2n) is 18.3. The molecule has 2 unspecified atom stereocenters. The molecule has 9 nitrogen and oxygen atoms in total. The van der Waals surface area contributed by atoms with Gasteiger partial charge in [-0.15, -0.1) is 0 Å². The van der Waals surface area contributed by atoms with E-state index in [9.17, 15) is 19.2 Å². The number of aliphatic carboxylic acids is 1. The highest BCUT2D eigenvalue weighted by Gasteiger charge is 2.19. The van der Waals surface area contributed by atoms with Crippen molar-refractivity contribution in [2.24, 2.45) is 0 Å². The van der Waals surface area contributed by atoms with Crippen LogP contribution < -0.4 is 10.6 Å². The molecule has 0 aromatic carbocycles. The molecule has 2 atom stereocenters. The highest BCUT2D eigenvalue weighted by atomic mass is 16.5. The third kappa shape index (κ3) is 45.7. The van der Waals surface area contributed by atoms with Crippen molar-refractivity contribution < 1.29 is 34.1 Å². The molecule has 0 radical (unpaired) electrons. The van der Waals surface area contributed by atoms with Crippen LogP contribution in [0.3, 0.4) is 0 Å². The van der Waals surface area contributed by atoms with Crippen LogP contribution in [-0.4, -0.2) is 59.3 Å². The summed E-state index contributed by atoms with van der Waals surface area (Å²) < 4.78 is 6.05. The van der Waals surface area contributed by atoms with Crippen LogP contribution in [0.2, 0.25) is 0 Å². The van der Waals surface area contributed by atoms with Gasteiger partial charge in [0, 0.05) is 12.8 Å². The van der Waals surface area contributed by atoms with Gasteiger partial charge in [0.25, 0.3) is 0 Å². The van der Waals surface area contributed by atoms with Gasteiger partial charge in [-0.05, 0) is 64.2 Å². The Morgan fingerprint density at radius 1 is 0.476 bits per heavy atom. The second kappa shape index (κ2) is 48.8. The fraction of sp³-hybridized carbons (Fsp3) is 0.852. The van der Waals surface area contributed by atoms with Crippen molar-refractivity contribution in [1.29, 1.82) is 0 Å². The third-order valence-electron chi connectivity index (χ3n) is 12.2. The Kier molecular flexibility index (Phi) is 46.7. The van der Waals surface area contributed by atoms with Crippen molar-refractivity contribution in [3.05, 3.63) is 24.3 Å². The van der Waals surface area contributed by atoms with Crippen molar-refractivity contribution in [3.63, 3.8) is 0 Å². The number of nitrogens with one attached hydrogen (secondary N) is 2. The van der Waals surface area contributed by atoms with Crippen LogP contribution in [-0.2, 0) is 23.9 Å². The first-order valence-corrected chi connectivity index (χ1v) is 26.7. The molecule has 0 saturated carbocycles. The van der Waals surface area contributed by atoms with Gasteiger partial charge in [0.05, 0.1) is 13.2 Å². The number of allylic oxidation sites excluding steroid dienone is 4. The minimum absolute atomic E-state index is 0.0540. The van der Waals surface area contributed by atoms with Gasteiger partial charge in [0.1, 0.15) is 12.1 Å². The lowest BCUT2D eigenvalue weighted by atomic mass is 10.0. The van der Waals surface area contributed by atoms with E-state index < -0.39 is 24.5 Å². The minimum Gasteiger partial charge on any atom is -0.480 e. The van der Waals surface area contributed by atoms with E-state index in [4.69, 9.17) is 14.9 Å². The molecule has 63 heavy (non-hydrogen) atoms. The predicted octanol–water partition coefficient (Wildman–Crippen LogP) is 14.3. The number of hydrogen-bond donors (Lipinski definition) is 4. The van der Waals surface area contributed by atoms with Crippen LogP contribution in [0.25, 0.3) is 0 Å². The number of carbonyl (C=O) groups excluding carboxylic acids is 3. The number of carboxylic acids is 1. The van der Waals surface area contributed by atoms with E-state index in [1.165, 1.54) is 167 Å². The quantitative estimate of drug-likeness (QED) is 0.0271. The monoisotopic (exact) mass is 889 g/mol. The molecule has 0 bridgehead atoms. The Morgan fingerprint density at radius 3 is 1.33 bits per heavy atom. The largest absolute Gasteiger partial charge is 0.480 e. The zero-order valence-electron chi connectivity index (χ0n) is 41.1. The van der Waals surface area contributed by atoms with Crippen LogP contribution in [0.4, 0.5) is 0 Å². The number of carbonyl (C=O) groups is 4. The SMILES string of the molecule is CCCCCCC/C=C\C/C=C\CCCC(CCCCCCCC(=O)NCC(=O)NC(CO)C(=O)O)OC(=O)CCCCCCCCCCCCCCCCCCCCCCCC. The summed E-state index contributed by atoms with van der Waals surface area (Å²) in [6, 6.07) is -1.38. The molecular formula is C54H100N2O7. The van der Waals surface area contributed by atoms with Crippen LogP contribution in [0, 0.1) is 0 Å². The van der Waals surface area contributed by atoms with Gasteiger partial charge < -0.3 is 25.6 Å². The van der Waals surface area contributed by atoms with Gasteiger partial charge >= 0.3 is 11.9 Å². The van der Waals surface area contributed by atoms with Crippen molar-refractivity contribution in [3.8, 4) is 0 Å². The summed E-state index contributed by atoms with van der Waals surface area (Å²) in [6.45, 7) is 3.50. The van der Waals surface area contributed by atoms with E-state index in [0.29, 0.717) is 12.8 Å². The Hall–Kier alpha value is -2.68. The zero-order valence-corrected chi connectivity index (χ0v) is 41.1. The summed E-state index contributed by atoms with van der Waals surface area (Å²) >= 11 is 0. The second-order valence-corrected chi connectivity index (χ2v) is 18.3. The smallest absolute Gasteiger partial charge is 0.328 e. The molecule has 0 aliphatic carbocycles. The molecule has 2 amide bonds. The lowest BCUT2D eigenvalue weighted by Gasteiger charge is -2.18. The number of rotatable bonds is 49. The standard InChI is InChI=1S/C54H100N2O7/c1-3-5-7-9-11-13-15-17-18-19-20-21-22-23-24-25-27-29-31-33-38-42-46-53(60)63-49(43-39-35-32-30-28-26-16-14-12-10-8-6-4-2)44-40-36-34-37-41-45-51(58)55-47-52(59)56-50(48-57)54(61)62/h16,26,30,32,49-50,57H,3-15,17-25,27-29,31,33-48H2,1-2H3,(H,55,58)(H,56,59)(H,61,62)/b26-16-,32-30-. The van der Waals surface area contributed by atoms with Crippen LogP contribution in [0.15, 0.2) is 24.3 Å². The van der Waals surface area contributed by atoms with Crippen molar-refractivity contribution in [1.82, 2.24) is 10.6 Å². The van der Waals surface area contributed by atoms with Crippen molar-refractivity contribution >= 4 is 23.8 Å². The van der Waals surface area contributed by atoms with E-state index in [-0.39, 0.29) is 30.9 Å². The molecule has 0 aliphatic rings. The van der Waals surface area contributed by atoms with E-state index in [0.717, 1.165) is 70.6 Å². The molecule has 0 rings (SSSR count). The van der Waals surface area contributed by atoms with E-state index >= 15 is 0 Å². The molecule has 368 valence electrons. The molecule has 9 heteroatoms. The summed E-state index contributed by atoms with van der Waals surface area (Å²) in [5.74, 6) is -2.31. The molecule has 0 heterocycles. The molecule has 4 N–H and O–H groups in total. The number of unbranched alkanes of at least 4 members (excludes halogenated alkanes) is 31. The summed E-state index contributed by atoms with van der Waals surface area (Å²) in [7, 11) is 0. The van der Waals surface area contributed by atoms with Crippen molar-refractivity contribution in [2.75, 3.05) is 13.2 Å². The molecule has 0 spiro atoms.